The zero-order valence-electron chi connectivity index (χ0n) is 10.7. The maximum atomic E-state index is 11.6. The van der Waals surface area contributed by atoms with Crippen LogP contribution in [0.5, 0.6) is 0 Å². The van der Waals surface area contributed by atoms with Crippen LogP contribution in [0.3, 0.4) is 0 Å². The second-order valence-corrected chi connectivity index (χ2v) is 5.32. The summed E-state index contributed by atoms with van der Waals surface area (Å²) >= 11 is 3.40. The quantitative estimate of drug-likeness (QED) is 0.855. The highest BCUT2D eigenvalue weighted by Gasteiger charge is 2.19. The van der Waals surface area contributed by atoms with Crippen molar-refractivity contribution in [2.24, 2.45) is 5.10 Å². The number of carbonyl (C=O) groups excluding carboxylic acids is 1. The minimum absolute atomic E-state index is 0.205. The van der Waals surface area contributed by atoms with Crippen LogP contribution in [0.15, 0.2) is 56.0 Å². The highest BCUT2D eigenvalue weighted by atomic mass is 79.9. The normalized spacial score (nSPS) is 16.4. The average Bonchev–Trinajstić information content (AvgIpc) is 3.02. The Morgan fingerprint density at radius 1 is 1.20 bits per heavy atom. The van der Waals surface area contributed by atoms with Crippen molar-refractivity contribution in [2.75, 3.05) is 0 Å². The lowest BCUT2D eigenvalue weighted by molar-refractivity contribution is -0.116. The molecule has 1 amide bonds. The van der Waals surface area contributed by atoms with Crippen molar-refractivity contribution in [2.45, 2.75) is 6.92 Å². The largest absolute Gasteiger partial charge is 0.457 e. The van der Waals surface area contributed by atoms with Crippen LogP contribution in [-0.4, -0.2) is 11.6 Å². The predicted molar refractivity (Wildman–Crippen MR) is 81.1 cm³/mol. The van der Waals surface area contributed by atoms with Crippen LogP contribution >= 0.6 is 15.9 Å². The van der Waals surface area contributed by atoms with E-state index in [1.807, 2.05) is 36.4 Å². The Labute approximate surface area is 124 Å². The predicted octanol–water partition coefficient (Wildman–Crippen LogP) is 3.60. The van der Waals surface area contributed by atoms with Crippen molar-refractivity contribution in [3.05, 3.63) is 52.2 Å². The molecule has 0 atom stereocenters. The molecule has 0 unspecified atom stereocenters. The Hall–Kier alpha value is -2.14. The highest BCUT2D eigenvalue weighted by Crippen LogP contribution is 2.25. The Morgan fingerprint density at radius 2 is 1.95 bits per heavy atom. The number of hydrogen-bond donors (Lipinski definition) is 1. The van der Waals surface area contributed by atoms with E-state index in [4.69, 9.17) is 4.42 Å². The second-order valence-electron chi connectivity index (χ2n) is 4.41. The van der Waals surface area contributed by atoms with Crippen LogP contribution in [-0.2, 0) is 4.79 Å². The number of furan rings is 1. The number of carbonyl (C=O) groups is 1. The maximum Gasteiger partial charge on any atom is 0.273 e. The number of hydrogen-bond acceptors (Lipinski definition) is 3. The Bertz CT molecular complexity index is 727. The molecule has 1 N–H and O–H groups in total. The van der Waals surface area contributed by atoms with Crippen LogP contribution < -0.4 is 5.43 Å². The lowest BCUT2D eigenvalue weighted by atomic mass is 10.1. The van der Waals surface area contributed by atoms with Crippen LogP contribution in [0.4, 0.5) is 0 Å². The minimum Gasteiger partial charge on any atom is -0.457 e. The maximum absolute atomic E-state index is 11.6. The van der Waals surface area contributed by atoms with E-state index in [-0.39, 0.29) is 5.91 Å². The number of nitrogens with zero attached hydrogens (tertiary/aromatic N) is 1. The molecular formula is C15H11BrN2O2. The van der Waals surface area contributed by atoms with Gasteiger partial charge in [-0.2, -0.15) is 5.10 Å². The van der Waals surface area contributed by atoms with E-state index in [1.54, 1.807) is 13.0 Å². The average molecular weight is 331 g/mol. The second kappa shape index (κ2) is 5.09. The van der Waals surface area contributed by atoms with E-state index in [1.165, 1.54) is 0 Å². The fourth-order valence-corrected chi connectivity index (χ4v) is 2.20. The van der Waals surface area contributed by atoms with Gasteiger partial charge in [0.15, 0.2) is 0 Å². The summed E-state index contributed by atoms with van der Waals surface area (Å²) in [6.45, 7) is 1.78. The van der Waals surface area contributed by atoms with Gasteiger partial charge in [-0.1, -0.05) is 28.1 Å². The van der Waals surface area contributed by atoms with E-state index in [2.05, 4.69) is 26.5 Å². The first-order valence-corrected chi connectivity index (χ1v) is 6.85. The van der Waals surface area contributed by atoms with Crippen LogP contribution in [0.1, 0.15) is 12.7 Å². The van der Waals surface area contributed by atoms with Gasteiger partial charge in [0.1, 0.15) is 11.5 Å². The standard InChI is InChI=1S/C15H11BrN2O2/c1-9-13(15(19)18-17-9)8-12-6-7-14(20-12)10-2-4-11(16)5-3-10/h2-8H,1H3,(H,18,19)/b13-8-. The van der Waals surface area contributed by atoms with Gasteiger partial charge in [0, 0.05) is 10.0 Å². The summed E-state index contributed by atoms with van der Waals surface area (Å²) in [4.78, 5) is 11.6. The molecule has 3 rings (SSSR count). The van der Waals surface area contributed by atoms with E-state index >= 15 is 0 Å². The minimum atomic E-state index is -0.205. The summed E-state index contributed by atoms with van der Waals surface area (Å²) in [6, 6.07) is 11.6. The molecule has 20 heavy (non-hydrogen) atoms. The Kier molecular flexibility index (Phi) is 3.28. The van der Waals surface area contributed by atoms with E-state index in [0.717, 1.165) is 15.8 Å². The van der Waals surface area contributed by atoms with E-state index < -0.39 is 0 Å². The molecule has 4 nitrogen and oxygen atoms in total. The Balaban J connectivity index is 1.91. The van der Waals surface area contributed by atoms with Gasteiger partial charge in [-0.05, 0) is 37.3 Å². The lowest BCUT2D eigenvalue weighted by Gasteiger charge is -1.97. The molecule has 100 valence electrons. The number of benzene rings is 1. The fourth-order valence-electron chi connectivity index (χ4n) is 1.93. The number of hydrazone groups is 1. The summed E-state index contributed by atoms with van der Waals surface area (Å²) in [7, 11) is 0. The van der Waals surface area contributed by atoms with Crippen molar-refractivity contribution in [1.82, 2.24) is 5.43 Å². The lowest BCUT2D eigenvalue weighted by Crippen LogP contribution is -2.12. The summed E-state index contributed by atoms with van der Waals surface area (Å²) in [5.74, 6) is 1.19. The van der Waals surface area contributed by atoms with Gasteiger partial charge in [0.2, 0.25) is 0 Å². The van der Waals surface area contributed by atoms with Gasteiger partial charge >= 0.3 is 0 Å². The van der Waals surface area contributed by atoms with Crippen molar-refractivity contribution in [3.63, 3.8) is 0 Å². The zero-order valence-corrected chi connectivity index (χ0v) is 12.3. The van der Waals surface area contributed by atoms with Gasteiger partial charge in [-0.3, -0.25) is 4.79 Å². The van der Waals surface area contributed by atoms with Gasteiger partial charge < -0.3 is 4.42 Å². The molecule has 1 aliphatic rings. The molecule has 1 aromatic carbocycles. The Morgan fingerprint density at radius 3 is 2.60 bits per heavy atom. The van der Waals surface area contributed by atoms with Crippen LogP contribution in [0, 0.1) is 0 Å². The molecule has 0 bridgehead atoms. The van der Waals surface area contributed by atoms with Gasteiger partial charge in [0.05, 0.1) is 11.3 Å². The smallest absolute Gasteiger partial charge is 0.273 e. The third-order valence-electron chi connectivity index (χ3n) is 3.00. The summed E-state index contributed by atoms with van der Waals surface area (Å²) < 4.78 is 6.76. The highest BCUT2D eigenvalue weighted by molar-refractivity contribution is 9.10. The molecular weight excluding hydrogens is 320 g/mol. The summed E-state index contributed by atoms with van der Waals surface area (Å²) in [5, 5.41) is 3.87. The first-order valence-electron chi connectivity index (χ1n) is 6.06. The molecule has 0 spiro atoms. The van der Waals surface area contributed by atoms with Gasteiger partial charge in [-0.25, -0.2) is 5.43 Å². The molecule has 0 aliphatic carbocycles. The molecule has 0 saturated carbocycles. The molecule has 1 aromatic heterocycles. The van der Waals surface area contributed by atoms with Gasteiger partial charge in [-0.15, -0.1) is 0 Å². The number of halogens is 1. The van der Waals surface area contributed by atoms with Crippen LogP contribution in [0.25, 0.3) is 17.4 Å². The molecule has 0 radical (unpaired) electrons. The van der Waals surface area contributed by atoms with Crippen molar-refractivity contribution in [1.29, 1.82) is 0 Å². The number of nitrogens with one attached hydrogen (secondary N) is 1. The first-order chi connectivity index (χ1) is 9.63. The van der Waals surface area contributed by atoms with Crippen molar-refractivity contribution < 1.29 is 9.21 Å². The SMILES string of the molecule is CC1=NNC(=O)/C1=C\c1ccc(-c2ccc(Br)cc2)o1. The zero-order chi connectivity index (χ0) is 14.1. The monoisotopic (exact) mass is 330 g/mol. The van der Waals surface area contributed by atoms with E-state index in [9.17, 15) is 4.79 Å². The topological polar surface area (TPSA) is 54.6 Å². The molecule has 0 saturated heterocycles. The van der Waals surface area contributed by atoms with Crippen LogP contribution in [0.2, 0.25) is 0 Å². The summed E-state index contributed by atoms with van der Waals surface area (Å²) in [5.41, 5.74) is 4.60. The summed E-state index contributed by atoms with van der Waals surface area (Å²) in [6.07, 6.45) is 1.70. The van der Waals surface area contributed by atoms with E-state index in [0.29, 0.717) is 17.0 Å². The molecule has 2 heterocycles. The van der Waals surface area contributed by atoms with Crippen molar-refractivity contribution in [3.8, 4) is 11.3 Å². The first kappa shape index (κ1) is 12.9. The molecule has 2 aromatic rings. The van der Waals surface area contributed by atoms with Gasteiger partial charge in [0.25, 0.3) is 5.91 Å². The molecule has 0 fully saturated rings. The fraction of sp³-hybridized carbons (Fsp3) is 0.0667. The van der Waals surface area contributed by atoms with Crippen molar-refractivity contribution >= 4 is 33.6 Å². The number of rotatable bonds is 2. The third kappa shape index (κ3) is 2.44. The molecule has 5 heteroatoms. The number of amides is 1. The third-order valence-corrected chi connectivity index (χ3v) is 3.53. The molecule has 1 aliphatic heterocycles.